The molecule has 132 valence electrons. The van der Waals surface area contributed by atoms with Gasteiger partial charge in [-0.3, -0.25) is 0 Å². The number of ether oxygens (including phenoxy) is 3. The highest BCUT2D eigenvalue weighted by Gasteiger charge is 2.11. The molecule has 27 heavy (non-hydrogen) atoms. The second-order valence-electron chi connectivity index (χ2n) is 5.50. The van der Waals surface area contributed by atoms with Gasteiger partial charge in [0, 0.05) is 24.3 Å². The minimum absolute atomic E-state index is 0.258. The van der Waals surface area contributed by atoms with Crippen molar-refractivity contribution >= 4 is 35.1 Å². The molecule has 4 rings (SSSR count). The van der Waals surface area contributed by atoms with Gasteiger partial charge in [-0.05, 0) is 48.5 Å². The van der Waals surface area contributed by atoms with E-state index >= 15 is 0 Å². The third-order valence-corrected chi connectivity index (χ3v) is 3.52. The van der Waals surface area contributed by atoms with Crippen molar-refractivity contribution in [3.63, 3.8) is 0 Å². The molecular weight excluding hydrogens is 348 g/mol. The summed E-state index contributed by atoms with van der Waals surface area (Å²) in [5.74, 6) is 0.922. The third kappa shape index (κ3) is 4.16. The van der Waals surface area contributed by atoms with Gasteiger partial charge in [0.2, 0.25) is 11.8 Å². The molecule has 2 aliphatic rings. The van der Waals surface area contributed by atoms with Crippen molar-refractivity contribution in [2.24, 2.45) is 9.98 Å². The van der Waals surface area contributed by atoms with Crippen LogP contribution in [0, 0.1) is 0 Å². The zero-order chi connectivity index (χ0) is 18.6. The van der Waals surface area contributed by atoms with Crippen molar-refractivity contribution in [2.45, 2.75) is 0 Å². The van der Waals surface area contributed by atoms with E-state index in [1.165, 1.54) is 24.3 Å². The van der Waals surface area contributed by atoms with E-state index in [-0.39, 0.29) is 11.8 Å². The standard InChI is InChI=1S/C20H12N2O5/c23-19-11-9-17(26-19)21-13-1-5-15(6-2-13)25-16-7-3-14(4-8-16)22-18-10-12-20(24)27-18/h1-12H. The third-order valence-electron chi connectivity index (χ3n) is 3.52. The van der Waals surface area contributed by atoms with E-state index in [1.807, 2.05) is 0 Å². The Hall–Kier alpha value is -4.00. The van der Waals surface area contributed by atoms with E-state index in [1.54, 1.807) is 48.5 Å². The van der Waals surface area contributed by atoms with Crippen LogP contribution in [0.1, 0.15) is 0 Å². The molecule has 0 N–H and O–H groups in total. The van der Waals surface area contributed by atoms with E-state index < -0.39 is 11.9 Å². The van der Waals surface area contributed by atoms with Gasteiger partial charge >= 0.3 is 11.9 Å². The molecule has 0 spiro atoms. The molecule has 0 fully saturated rings. The molecule has 0 radical (unpaired) electrons. The highest BCUT2D eigenvalue weighted by molar-refractivity contribution is 6.09. The first-order valence-electron chi connectivity index (χ1n) is 7.99. The summed E-state index contributed by atoms with van der Waals surface area (Å²) in [5, 5.41) is 0. The topological polar surface area (TPSA) is 86.6 Å². The number of esters is 2. The normalized spacial score (nSPS) is 18.2. The summed E-state index contributed by atoms with van der Waals surface area (Å²) in [5.41, 5.74) is 1.28. The van der Waals surface area contributed by atoms with Crippen molar-refractivity contribution in [3.8, 4) is 11.5 Å². The molecule has 7 nitrogen and oxygen atoms in total. The Morgan fingerprint density at radius 3 is 1.33 bits per heavy atom. The van der Waals surface area contributed by atoms with Crippen LogP contribution in [-0.4, -0.2) is 23.7 Å². The van der Waals surface area contributed by atoms with Crippen molar-refractivity contribution < 1.29 is 23.8 Å². The van der Waals surface area contributed by atoms with Crippen molar-refractivity contribution in [1.82, 2.24) is 0 Å². The lowest BCUT2D eigenvalue weighted by Crippen LogP contribution is -1.98. The fourth-order valence-electron chi connectivity index (χ4n) is 2.31. The molecular formula is C20H12N2O5. The zero-order valence-electron chi connectivity index (χ0n) is 13.9. The van der Waals surface area contributed by atoms with Crippen LogP contribution in [-0.2, 0) is 19.1 Å². The van der Waals surface area contributed by atoms with Crippen LogP contribution < -0.4 is 4.74 Å². The first kappa shape index (κ1) is 16.5. The van der Waals surface area contributed by atoms with Crippen LogP contribution in [0.15, 0.2) is 82.8 Å². The average molecular weight is 360 g/mol. The number of benzene rings is 2. The molecule has 0 atom stereocenters. The van der Waals surface area contributed by atoms with Gasteiger partial charge in [0.05, 0.1) is 11.4 Å². The van der Waals surface area contributed by atoms with E-state index in [2.05, 4.69) is 9.98 Å². The Kier molecular flexibility index (Phi) is 4.32. The molecule has 0 bridgehead atoms. The van der Waals surface area contributed by atoms with Gasteiger partial charge in [-0.2, -0.15) is 0 Å². The minimum atomic E-state index is -0.426. The Morgan fingerprint density at radius 2 is 1.00 bits per heavy atom. The van der Waals surface area contributed by atoms with Crippen molar-refractivity contribution in [1.29, 1.82) is 0 Å². The zero-order valence-corrected chi connectivity index (χ0v) is 13.9. The van der Waals surface area contributed by atoms with E-state index in [9.17, 15) is 9.59 Å². The fraction of sp³-hybridized carbons (Fsp3) is 0. The van der Waals surface area contributed by atoms with Crippen LogP contribution >= 0.6 is 0 Å². The molecule has 0 saturated carbocycles. The largest absolute Gasteiger partial charge is 0.457 e. The number of carbonyl (C=O) groups excluding carboxylic acids is 2. The van der Waals surface area contributed by atoms with E-state index in [0.717, 1.165) is 0 Å². The molecule has 0 saturated heterocycles. The molecule has 2 heterocycles. The molecule has 2 aliphatic heterocycles. The molecule has 0 unspecified atom stereocenters. The summed E-state index contributed by atoms with van der Waals surface area (Å²) in [6, 6.07) is 14.1. The number of rotatable bonds is 4. The molecule has 0 aromatic heterocycles. The van der Waals surface area contributed by atoms with Gasteiger partial charge in [0.25, 0.3) is 0 Å². The summed E-state index contributed by atoms with van der Waals surface area (Å²) in [6.45, 7) is 0. The lowest BCUT2D eigenvalue weighted by Gasteiger charge is -2.06. The van der Waals surface area contributed by atoms with Gasteiger partial charge < -0.3 is 14.2 Å². The maximum absolute atomic E-state index is 11.0. The first-order chi connectivity index (χ1) is 13.1. The van der Waals surface area contributed by atoms with E-state index in [4.69, 9.17) is 14.2 Å². The number of cyclic esters (lactones) is 2. The Labute approximate surface area is 153 Å². The molecule has 0 aliphatic carbocycles. The van der Waals surface area contributed by atoms with Gasteiger partial charge in [-0.15, -0.1) is 0 Å². The molecule has 2 aromatic rings. The van der Waals surface area contributed by atoms with Gasteiger partial charge in [-0.25, -0.2) is 19.6 Å². The monoisotopic (exact) mass is 360 g/mol. The predicted octanol–water partition coefficient (Wildman–Crippen LogP) is 3.76. The average Bonchev–Trinajstić information content (AvgIpc) is 3.26. The highest BCUT2D eigenvalue weighted by atomic mass is 16.5. The number of aliphatic imine (C=N–C) groups is 2. The summed E-state index contributed by atoms with van der Waals surface area (Å²) in [6.07, 6.45) is 5.66. The summed E-state index contributed by atoms with van der Waals surface area (Å²) in [7, 11) is 0. The van der Waals surface area contributed by atoms with Crippen molar-refractivity contribution in [3.05, 3.63) is 72.8 Å². The maximum Gasteiger partial charge on any atom is 0.337 e. The quantitative estimate of drug-likeness (QED) is 0.775. The summed E-state index contributed by atoms with van der Waals surface area (Å²) < 4.78 is 15.5. The van der Waals surface area contributed by atoms with Crippen LogP contribution in [0.4, 0.5) is 11.4 Å². The van der Waals surface area contributed by atoms with Crippen LogP contribution in [0.25, 0.3) is 0 Å². The van der Waals surface area contributed by atoms with Crippen LogP contribution in [0.2, 0.25) is 0 Å². The second kappa shape index (κ2) is 7.09. The summed E-state index contributed by atoms with van der Waals surface area (Å²) >= 11 is 0. The Bertz CT molecular complexity index is 932. The summed E-state index contributed by atoms with van der Waals surface area (Å²) in [4.78, 5) is 30.4. The molecule has 2 aromatic carbocycles. The number of hydrogen-bond acceptors (Lipinski definition) is 7. The van der Waals surface area contributed by atoms with E-state index in [0.29, 0.717) is 22.9 Å². The van der Waals surface area contributed by atoms with Crippen LogP contribution in [0.3, 0.4) is 0 Å². The van der Waals surface area contributed by atoms with Gasteiger partial charge in [-0.1, -0.05) is 0 Å². The van der Waals surface area contributed by atoms with Gasteiger partial charge in [0.1, 0.15) is 11.5 Å². The lowest BCUT2D eigenvalue weighted by atomic mass is 10.3. The molecule has 0 amide bonds. The Balaban J connectivity index is 1.40. The number of carbonyl (C=O) groups is 2. The first-order valence-corrected chi connectivity index (χ1v) is 7.99. The van der Waals surface area contributed by atoms with Crippen LogP contribution in [0.5, 0.6) is 11.5 Å². The second-order valence-corrected chi connectivity index (χ2v) is 5.50. The molecule has 7 heteroatoms. The number of hydrogen-bond donors (Lipinski definition) is 0. The van der Waals surface area contributed by atoms with Gasteiger partial charge in [0.15, 0.2) is 0 Å². The lowest BCUT2D eigenvalue weighted by molar-refractivity contribution is -0.130. The predicted molar refractivity (Wildman–Crippen MR) is 97.6 cm³/mol. The SMILES string of the molecule is O=C1C=CC(=Nc2ccc(Oc3ccc(N=C4C=CC(=O)O4)cc3)cc2)O1. The van der Waals surface area contributed by atoms with Crippen molar-refractivity contribution in [2.75, 3.05) is 0 Å². The maximum atomic E-state index is 11.0. The Morgan fingerprint density at radius 1 is 0.593 bits per heavy atom. The fourth-order valence-corrected chi connectivity index (χ4v) is 2.31. The smallest absolute Gasteiger partial charge is 0.337 e. The highest BCUT2D eigenvalue weighted by Crippen LogP contribution is 2.26. The number of nitrogens with zero attached hydrogens (tertiary/aromatic N) is 2. The minimum Gasteiger partial charge on any atom is -0.457 e.